The van der Waals surface area contributed by atoms with Gasteiger partial charge in [-0.05, 0) is 44.2 Å². The summed E-state index contributed by atoms with van der Waals surface area (Å²) < 4.78 is 26.1. The minimum Gasteiger partial charge on any atom is -0.493 e. The van der Waals surface area contributed by atoms with Gasteiger partial charge in [0.1, 0.15) is 18.0 Å². The molecule has 0 radical (unpaired) electrons. The summed E-state index contributed by atoms with van der Waals surface area (Å²) in [7, 11) is 7.79. The molecule has 3 aromatic rings. The molecule has 1 saturated heterocycles. The van der Waals surface area contributed by atoms with E-state index in [1.165, 1.54) is 18.5 Å². The zero-order valence-corrected chi connectivity index (χ0v) is 24.2. The highest BCUT2D eigenvalue weighted by Gasteiger charge is 2.42. The number of amides is 2. The molecule has 1 saturated carbocycles. The molecule has 1 aromatic heterocycles. The van der Waals surface area contributed by atoms with Crippen LogP contribution in [-0.2, 0) is 0 Å². The molecular formula is C29H37ClFN6O3+. The van der Waals surface area contributed by atoms with Crippen LogP contribution >= 0.6 is 11.6 Å². The predicted octanol–water partition coefficient (Wildman–Crippen LogP) is 5.31. The van der Waals surface area contributed by atoms with Gasteiger partial charge in [0.2, 0.25) is 0 Å². The van der Waals surface area contributed by atoms with Crippen molar-refractivity contribution in [3.8, 4) is 11.5 Å². The highest BCUT2D eigenvalue weighted by molar-refractivity contribution is 6.31. The van der Waals surface area contributed by atoms with Crippen molar-refractivity contribution in [1.82, 2.24) is 19.8 Å². The van der Waals surface area contributed by atoms with E-state index in [-0.39, 0.29) is 23.2 Å². The molecule has 0 unspecified atom stereocenters. The molecule has 9 nitrogen and oxygen atoms in total. The number of quaternary nitrogens is 1. The van der Waals surface area contributed by atoms with Crippen molar-refractivity contribution in [1.29, 1.82) is 0 Å². The zero-order chi connectivity index (χ0) is 28.4. The summed E-state index contributed by atoms with van der Waals surface area (Å²) in [5.41, 5.74) is 1.29. The number of fused-ring (bicyclic) bond motifs is 1. The van der Waals surface area contributed by atoms with Crippen molar-refractivity contribution in [2.45, 2.75) is 37.8 Å². The van der Waals surface area contributed by atoms with Crippen LogP contribution in [0, 0.1) is 5.82 Å². The van der Waals surface area contributed by atoms with E-state index >= 15 is 0 Å². The summed E-state index contributed by atoms with van der Waals surface area (Å²) in [6.07, 6.45) is 4.93. The maximum Gasteiger partial charge on any atom is 0.419 e. The molecule has 0 spiro atoms. The molecule has 0 atom stereocenters. The first-order valence-electron chi connectivity index (χ1n) is 13.7. The molecule has 1 aliphatic heterocycles. The van der Waals surface area contributed by atoms with Crippen LogP contribution in [-0.4, -0.2) is 96.9 Å². The smallest absolute Gasteiger partial charge is 0.419 e. The molecule has 5 rings (SSSR count). The fourth-order valence-electron chi connectivity index (χ4n) is 5.63. The fourth-order valence-corrected chi connectivity index (χ4v) is 5.81. The van der Waals surface area contributed by atoms with E-state index in [4.69, 9.17) is 21.1 Å². The zero-order valence-electron chi connectivity index (χ0n) is 23.5. The maximum atomic E-state index is 13.6. The first-order chi connectivity index (χ1) is 19.2. The SMILES string of the molecule is COc1cc2ncnc(Nc3ccc(F)c(Cl)c3)c2cc1O[C@H]1CC[C@@H]([N+](C)(C)C(=O)N2CCN(C)CC2)CC1. The average Bonchev–Trinajstić information content (AvgIpc) is 2.95. The molecule has 40 heavy (non-hydrogen) atoms. The Balaban J connectivity index is 1.29. The van der Waals surface area contributed by atoms with Gasteiger partial charge >= 0.3 is 6.03 Å². The van der Waals surface area contributed by atoms with E-state index in [0.29, 0.717) is 33.0 Å². The summed E-state index contributed by atoms with van der Waals surface area (Å²) in [6, 6.07) is 8.58. The van der Waals surface area contributed by atoms with Crippen molar-refractivity contribution in [2.24, 2.45) is 0 Å². The van der Waals surface area contributed by atoms with Gasteiger partial charge in [-0.3, -0.25) is 4.90 Å². The van der Waals surface area contributed by atoms with E-state index in [0.717, 1.165) is 57.2 Å². The van der Waals surface area contributed by atoms with Crippen LogP contribution in [0.4, 0.5) is 20.7 Å². The number of halogens is 2. The lowest BCUT2D eigenvalue weighted by Gasteiger charge is -2.43. The Bertz CT molecular complexity index is 1370. The lowest BCUT2D eigenvalue weighted by molar-refractivity contribution is -0.841. The molecule has 2 aromatic carbocycles. The second-order valence-electron chi connectivity index (χ2n) is 11.2. The number of aromatic nitrogens is 2. The normalized spacial score (nSPS) is 20.4. The minimum absolute atomic E-state index is 0.00159. The predicted molar refractivity (Wildman–Crippen MR) is 154 cm³/mol. The molecule has 2 fully saturated rings. The number of hydrogen-bond donors (Lipinski definition) is 1. The molecule has 0 bridgehead atoms. The van der Waals surface area contributed by atoms with Crippen LogP contribution in [0.25, 0.3) is 10.9 Å². The number of benzene rings is 2. The largest absolute Gasteiger partial charge is 0.493 e. The third-order valence-electron chi connectivity index (χ3n) is 8.22. The highest BCUT2D eigenvalue weighted by atomic mass is 35.5. The number of likely N-dealkylation sites (N-methyl/N-ethyl adjacent to an activating group) is 1. The Morgan fingerprint density at radius 2 is 1.77 bits per heavy atom. The van der Waals surface area contributed by atoms with Crippen molar-refractivity contribution < 1.29 is 23.1 Å². The molecule has 2 heterocycles. The van der Waals surface area contributed by atoms with Gasteiger partial charge < -0.3 is 19.7 Å². The monoisotopic (exact) mass is 571 g/mol. The van der Waals surface area contributed by atoms with Crippen LogP contribution in [0.1, 0.15) is 25.7 Å². The van der Waals surface area contributed by atoms with Crippen LogP contribution < -0.4 is 14.8 Å². The number of carbonyl (C=O) groups is 1. The number of nitrogens with zero attached hydrogens (tertiary/aromatic N) is 5. The number of anilines is 2. The highest BCUT2D eigenvalue weighted by Crippen LogP contribution is 2.38. The van der Waals surface area contributed by atoms with Crippen LogP contribution in [0.15, 0.2) is 36.7 Å². The van der Waals surface area contributed by atoms with Gasteiger partial charge in [-0.25, -0.2) is 23.6 Å². The second kappa shape index (κ2) is 11.7. The second-order valence-corrected chi connectivity index (χ2v) is 11.6. The van der Waals surface area contributed by atoms with Gasteiger partial charge in [-0.2, -0.15) is 0 Å². The quantitative estimate of drug-likeness (QED) is 0.402. The summed E-state index contributed by atoms with van der Waals surface area (Å²) in [6.45, 7) is 3.40. The lowest BCUT2D eigenvalue weighted by Crippen LogP contribution is -2.62. The summed E-state index contributed by atoms with van der Waals surface area (Å²) in [5.74, 6) is 1.26. The van der Waals surface area contributed by atoms with E-state index in [9.17, 15) is 9.18 Å². The lowest BCUT2D eigenvalue weighted by atomic mass is 9.91. The number of ether oxygens (including phenoxy) is 2. The third-order valence-corrected chi connectivity index (χ3v) is 8.51. The van der Waals surface area contributed by atoms with E-state index in [1.54, 1.807) is 13.2 Å². The van der Waals surface area contributed by atoms with Crippen molar-refractivity contribution in [2.75, 3.05) is 59.7 Å². The van der Waals surface area contributed by atoms with Gasteiger partial charge in [0.05, 0.1) is 43.9 Å². The van der Waals surface area contributed by atoms with Gasteiger partial charge in [-0.15, -0.1) is 0 Å². The van der Waals surface area contributed by atoms with E-state index in [2.05, 4.69) is 27.2 Å². The van der Waals surface area contributed by atoms with Crippen LogP contribution in [0.3, 0.4) is 0 Å². The van der Waals surface area contributed by atoms with Gasteiger partial charge in [0.15, 0.2) is 11.5 Å². The first kappa shape index (κ1) is 28.3. The molecule has 11 heteroatoms. The van der Waals surface area contributed by atoms with Crippen molar-refractivity contribution >= 4 is 40.0 Å². The number of carbonyl (C=O) groups excluding carboxylic acids is 1. The Morgan fingerprint density at radius 3 is 2.45 bits per heavy atom. The third kappa shape index (κ3) is 5.94. The summed E-state index contributed by atoms with van der Waals surface area (Å²) in [5, 5.41) is 3.97. The Hall–Kier alpha value is -3.21. The molecule has 1 aliphatic carbocycles. The topological polar surface area (TPSA) is 79.8 Å². The number of piperazine rings is 1. The van der Waals surface area contributed by atoms with Gasteiger partial charge in [0, 0.05) is 56.2 Å². The standard InChI is InChI=1S/C29H37ClFN6O3/c1-35-11-13-36(14-12-35)29(38)37(2,3)20-6-8-21(9-7-20)40-27-16-22-25(17-26(27)39-4)32-18-33-28(22)34-19-5-10-24(31)23(30)15-19/h5,10,15-18,20-21H,6-9,11-14H2,1-4H3,(H,32,33,34)/q+1/t20-,21+. The first-order valence-corrected chi connectivity index (χ1v) is 14.1. The van der Waals surface area contributed by atoms with E-state index in [1.807, 2.05) is 31.1 Å². The molecule has 1 N–H and O–H groups in total. The molecule has 2 amide bonds. The van der Waals surface area contributed by atoms with Crippen molar-refractivity contribution in [3.63, 3.8) is 0 Å². The van der Waals surface area contributed by atoms with Crippen LogP contribution in [0.5, 0.6) is 11.5 Å². The number of hydrogen-bond acceptors (Lipinski definition) is 7. The van der Waals surface area contributed by atoms with E-state index < -0.39 is 5.82 Å². The number of urea groups is 1. The Kier molecular flexibility index (Phi) is 8.30. The van der Waals surface area contributed by atoms with Crippen molar-refractivity contribution in [3.05, 3.63) is 47.5 Å². The van der Waals surface area contributed by atoms with Gasteiger partial charge in [-0.1, -0.05) is 11.6 Å². The summed E-state index contributed by atoms with van der Waals surface area (Å²) in [4.78, 5) is 26.5. The van der Waals surface area contributed by atoms with Gasteiger partial charge in [0.25, 0.3) is 0 Å². The molecular weight excluding hydrogens is 535 g/mol. The molecule has 2 aliphatic rings. The number of nitrogens with one attached hydrogen (secondary N) is 1. The maximum absolute atomic E-state index is 13.6. The Morgan fingerprint density at radius 1 is 1.05 bits per heavy atom. The average molecular weight is 572 g/mol. The number of methoxy groups -OCH3 is 1. The fraction of sp³-hybridized carbons (Fsp3) is 0.483. The summed E-state index contributed by atoms with van der Waals surface area (Å²) >= 11 is 5.96. The number of rotatable bonds is 6. The Labute approximate surface area is 239 Å². The minimum atomic E-state index is -0.485. The molecule has 214 valence electrons. The van der Waals surface area contributed by atoms with Crippen LogP contribution in [0.2, 0.25) is 5.02 Å².